The molecule has 0 saturated heterocycles. The summed E-state index contributed by atoms with van der Waals surface area (Å²) < 4.78 is 30.4. The molecule has 0 N–H and O–H groups in total. The van der Waals surface area contributed by atoms with E-state index in [0.29, 0.717) is 29.2 Å². The fourth-order valence-corrected chi connectivity index (χ4v) is 3.29. The number of hydrogen-bond acceptors (Lipinski definition) is 4. The first-order valence-corrected chi connectivity index (χ1v) is 9.14. The minimum absolute atomic E-state index is 0.163. The molecule has 0 amide bonds. The Morgan fingerprint density at radius 3 is 2.69 bits per heavy atom. The van der Waals surface area contributed by atoms with E-state index in [1.54, 1.807) is 37.5 Å². The third kappa shape index (κ3) is 3.85. The Kier molecular flexibility index (Phi) is 5.04. The maximum absolute atomic E-state index is 13.4. The van der Waals surface area contributed by atoms with E-state index in [4.69, 9.17) is 14.2 Å². The van der Waals surface area contributed by atoms with Crippen LogP contribution in [-0.4, -0.2) is 12.9 Å². The van der Waals surface area contributed by atoms with Crippen molar-refractivity contribution in [3.05, 3.63) is 94.5 Å². The molecular weight excluding hydrogens is 371 g/mol. The van der Waals surface area contributed by atoms with Crippen molar-refractivity contribution in [2.24, 2.45) is 0 Å². The zero-order chi connectivity index (χ0) is 20.4. The molecule has 29 heavy (non-hydrogen) atoms. The first-order valence-electron chi connectivity index (χ1n) is 9.14. The fraction of sp³-hybridized carbons (Fsp3) is 0.125. The van der Waals surface area contributed by atoms with E-state index in [1.165, 1.54) is 12.1 Å². The molecule has 1 aliphatic rings. The minimum atomic E-state index is -0.370. The highest BCUT2D eigenvalue weighted by Crippen LogP contribution is 2.38. The third-order valence-corrected chi connectivity index (χ3v) is 4.68. The molecule has 5 heteroatoms. The van der Waals surface area contributed by atoms with Crippen LogP contribution in [0.5, 0.6) is 17.2 Å². The average molecular weight is 390 g/mol. The molecule has 4 nitrogen and oxygen atoms in total. The zero-order valence-electron chi connectivity index (χ0n) is 16.1. The van der Waals surface area contributed by atoms with Crippen LogP contribution in [0.15, 0.2) is 66.4 Å². The van der Waals surface area contributed by atoms with Crippen LogP contribution in [0.4, 0.5) is 4.39 Å². The van der Waals surface area contributed by atoms with Gasteiger partial charge in [0.05, 0.1) is 12.7 Å². The number of methoxy groups -OCH3 is 1. The molecule has 1 aliphatic heterocycles. The summed E-state index contributed by atoms with van der Waals surface area (Å²) in [6.07, 6.45) is 1.54. The van der Waals surface area contributed by atoms with E-state index in [-0.39, 0.29) is 17.4 Å². The molecule has 0 spiro atoms. The van der Waals surface area contributed by atoms with E-state index >= 15 is 0 Å². The maximum Gasteiger partial charge on any atom is 0.232 e. The molecule has 0 saturated carbocycles. The number of allylic oxidation sites excluding steroid dienone is 1. The molecule has 0 aromatic heterocycles. The number of para-hydroxylation sites is 1. The highest BCUT2D eigenvalue weighted by atomic mass is 19.1. The molecule has 0 unspecified atom stereocenters. The lowest BCUT2D eigenvalue weighted by molar-refractivity contribution is 0.101. The molecule has 4 rings (SSSR count). The van der Waals surface area contributed by atoms with Gasteiger partial charge in [-0.1, -0.05) is 30.3 Å². The van der Waals surface area contributed by atoms with Crippen molar-refractivity contribution in [2.75, 3.05) is 7.11 Å². The number of carbonyl (C=O) groups excluding carboxylic acids is 1. The summed E-state index contributed by atoms with van der Waals surface area (Å²) in [5.74, 6) is 1.34. The van der Waals surface area contributed by atoms with Gasteiger partial charge in [0.1, 0.15) is 29.7 Å². The van der Waals surface area contributed by atoms with E-state index in [9.17, 15) is 9.18 Å². The van der Waals surface area contributed by atoms with E-state index in [1.807, 2.05) is 31.2 Å². The Morgan fingerprint density at radius 2 is 1.90 bits per heavy atom. The highest BCUT2D eigenvalue weighted by Gasteiger charge is 2.30. The zero-order valence-corrected chi connectivity index (χ0v) is 16.1. The summed E-state index contributed by atoms with van der Waals surface area (Å²) in [6.45, 7) is 2.16. The van der Waals surface area contributed by atoms with Gasteiger partial charge in [0.15, 0.2) is 5.76 Å². The summed E-state index contributed by atoms with van der Waals surface area (Å²) in [4.78, 5) is 12.7. The number of ketones is 1. The Bertz CT molecular complexity index is 1120. The maximum atomic E-state index is 13.4. The van der Waals surface area contributed by atoms with Gasteiger partial charge >= 0.3 is 0 Å². The summed E-state index contributed by atoms with van der Waals surface area (Å²) in [6, 6.07) is 17.1. The monoisotopic (exact) mass is 390 g/mol. The number of rotatable bonds is 5. The van der Waals surface area contributed by atoms with Crippen LogP contribution in [0.3, 0.4) is 0 Å². The van der Waals surface area contributed by atoms with Crippen molar-refractivity contribution >= 4 is 11.9 Å². The van der Waals surface area contributed by atoms with Gasteiger partial charge in [-0.05, 0) is 48.4 Å². The SMILES string of the molecule is COc1ccccc1COc1cc(C)c2c(c1)O/C(=C\c1cccc(F)c1)C2=O. The Labute approximate surface area is 168 Å². The van der Waals surface area contributed by atoms with Gasteiger partial charge < -0.3 is 14.2 Å². The van der Waals surface area contributed by atoms with Gasteiger partial charge in [-0.25, -0.2) is 4.39 Å². The fourth-order valence-electron chi connectivity index (χ4n) is 3.29. The van der Waals surface area contributed by atoms with E-state index in [2.05, 4.69) is 0 Å². The van der Waals surface area contributed by atoms with Crippen LogP contribution < -0.4 is 14.2 Å². The molecule has 1 heterocycles. The predicted octanol–water partition coefficient (Wildman–Crippen LogP) is 5.34. The first-order chi connectivity index (χ1) is 14.0. The number of carbonyl (C=O) groups is 1. The Morgan fingerprint density at radius 1 is 1.07 bits per heavy atom. The van der Waals surface area contributed by atoms with Gasteiger partial charge in [-0.3, -0.25) is 4.79 Å². The average Bonchev–Trinajstić information content (AvgIpc) is 3.02. The van der Waals surface area contributed by atoms with Crippen LogP contribution in [0.1, 0.15) is 27.0 Å². The van der Waals surface area contributed by atoms with Crippen molar-refractivity contribution < 1.29 is 23.4 Å². The largest absolute Gasteiger partial charge is 0.496 e. The molecule has 0 aliphatic carbocycles. The summed E-state index contributed by atoms with van der Waals surface area (Å²) in [5, 5.41) is 0. The lowest BCUT2D eigenvalue weighted by atomic mass is 10.0. The van der Waals surface area contributed by atoms with Crippen molar-refractivity contribution in [2.45, 2.75) is 13.5 Å². The van der Waals surface area contributed by atoms with E-state index in [0.717, 1.165) is 16.9 Å². The molecule has 0 bridgehead atoms. The number of halogens is 1. The molecule has 146 valence electrons. The second-order valence-corrected chi connectivity index (χ2v) is 6.71. The van der Waals surface area contributed by atoms with Crippen molar-refractivity contribution in [3.8, 4) is 17.2 Å². The number of ether oxygens (including phenoxy) is 3. The van der Waals surface area contributed by atoms with Gasteiger partial charge in [0.25, 0.3) is 0 Å². The Balaban J connectivity index is 1.58. The molecular formula is C24H19FO4. The van der Waals surface area contributed by atoms with Gasteiger partial charge in [-0.15, -0.1) is 0 Å². The number of aryl methyl sites for hydroxylation is 1. The Hall–Kier alpha value is -3.60. The molecule has 3 aromatic carbocycles. The molecule has 0 fully saturated rings. The second kappa shape index (κ2) is 7.80. The van der Waals surface area contributed by atoms with Crippen LogP contribution in [0.2, 0.25) is 0 Å². The minimum Gasteiger partial charge on any atom is -0.496 e. The predicted molar refractivity (Wildman–Crippen MR) is 108 cm³/mol. The number of Topliss-reactive ketones (excluding diaryl/α,β-unsaturated/α-hetero) is 1. The normalized spacial score (nSPS) is 13.9. The summed E-state index contributed by atoms with van der Waals surface area (Å²) in [5.41, 5.74) is 2.73. The van der Waals surface area contributed by atoms with Crippen molar-refractivity contribution in [1.29, 1.82) is 0 Å². The second-order valence-electron chi connectivity index (χ2n) is 6.71. The summed E-state index contributed by atoms with van der Waals surface area (Å²) >= 11 is 0. The lowest BCUT2D eigenvalue weighted by Gasteiger charge is -2.11. The van der Waals surface area contributed by atoms with Crippen LogP contribution in [0.25, 0.3) is 6.08 Å². The van der Waals surface area contributed by atoms with Crippen molar-refractivity contribution in [3.63, 3.8) is 0 Å². The van der Waals surface area contributed by atoms with Crippen LogP contribution >= 0.6 is 0 Å². The highest BCUT2D eigenvalue weighted by molar-refractivity contribution is 6.15. The number of benzene rings is 3. The molecule has 0 radical (unpaired) electrons. The number of hydrogen-bond donors (Lipinski definition) is 0. The van der Waals surface area contributed by atoms with Gasteiger partial charge in [-0.2, -0.15) is 0 Å². The quantitative estimate of drug-likeness (QED) is 0.552. The van der Waals surface area contributed by atoms with Crippen molar-refractivity contribution in [1.82, 2.24) is 0 Å². The van der Waals surface area contributed by atoms with Crippen LogP contribution in [0, 0.1) is 12.7 Å². The standard InChI is InChI=1S/C24H19FO4/c1-15-10-19(28-14-17-7-3-4-9-20(17)27-2)13-21-23(15)24(26)22(29-21)12-16-6-5-8-18(25)11-16/h3-13H,14H2,1-2H3/b22-12-. The van der Waals surface area contributed by atoms with Crippen LogP contribution in [-0.2, 0) is 6.61 Å². The van der Waals surface area contributed by atoms with Gasteiger partial charge in [0.2, 0.25) is 5.78 Å². The smallest absolute Gasteiger partial charge is 0.232 e. The topological polar surface area (TPSA) is 44.8 Å². The molecule has 3 aromatic rings. The first kappa shape index (κ1) is 18.7. The summed E-state index contributed by atoms with van der Waals surface area (Å²) in [7, 11) is 1.62. The molecule has 0 atom stereocenters. The van der Waals surface area contributed by atoms with E-state index < -0.39 is 0 Å². The lowest BCUT2D eigenvalue weighted by Crippen LogP contribution is -2.00. The number of fused-ring (bicyclic) bond motifs is 1. The van der Waals surface area contributed by atoms with Gasteiger partial charge in [0, 0.05) is 11.6 Å². The third-order valence-electron chi connectivity index (χ3n) is 4.68.